The summed E-state index contributed by atoms with van der Waals surface area (Å²) in [6, 6.07) is 17.0. The van der Waals surface area contributed by atoms with Crippen LogP contribution in [0.1, 0.15) is 15.2 Å². The second-order valence-electron chi connectivity index (χ2n) is 5.55. The maximum absolute atomic E-state index is 12.5. The Hall–Kier alpha value is -2.14. The summed E-state index contributed by atoms with van der Waals surface area (Å²) in [7, 11) is 0. The molecule has 0 bridgehead atoms. The molecule has 4 rings (SSSR count). The van der Waals surface area contributed by atoms with Gasteiger partial charge >= 0.3 is 0 Å². The predicted octanol–water partition coefficient (Wildman–Crippen LogP) is 5.69. The molecule has 0 fully saturated rings. The summed E-state index contributed by atoms with van der Waals surface area (Å²) in [6.45, 7) is 0.374. The molecule has 124 valence electrons. The molecule has 6 heteroatoms. The highest BCUT2D eigenvalue weighted by Crippen LogP contribution is 2.35. The van der Waals surface area contributed by atoms with Crippen LogP contribution in [0.2, 0.25) is 10.2 Å². The molecule has 4 aromatic rings. The van der Waals surface area contributed by atoms with Crippen molar-refractivity contribution in [1.29, 1.82) is 0 Å². The first-order chi connectivity index (χ1) is 12.1. The highest BCUT2D eigenvalue weighted by atomic mass is 35.5. The van der Waals surface area contributed by atoms with Crippen molar-refractivity contribution in [3.63, 3.8) is 0 Å². The lowest BCUT2D eigenvalue weighted by atomic mass is 10.2. The van der Waals surface area contributed by atoms with E-state index in [4.69, 9.17) is 23.2 Å². The Bertz CT molecular complexity index is 1110. The molecule has 1 N–H and O–H groups in total. The molecule has 0 saturated heterocycles. The van der Waals surface area contributed by atoms with E-state index in [2.05, 4.69) is 10.3 Å². The number of benzene rings is 2. The Morgan fingerprint density at radius 3 is 2.64 bits per heavy atom. The number of thiophene rings is 1. The van der Waals surface area contributed by atoms with Crippen LogP contribution in [0.3, 0.4) is 0 Å². The molecule has 0 unspecified atom stereocenters. The van der Waals surface area contributed by atoms with Gasteiger partial charge in [-0.3, -0.25) is 4.79 Å². The summed E-state index contributed by atoms with van der Waals surface area (Å²) in [5.74, 6) is -0.152. The minimum absolute atomic E-state index is 0.152. The quantitative estimate of drug-likeness (QED) is 0.459. The maximum atomic E-state index is 12.5. The molecule has 0 aliphatic rings. The Balaban J connectivity index is 1.67. The van der Waals surface area contributed by atoms with E-state index in [1.54, 1.807) is 12.1 Å². The number of halogens is 2. The zero-order valence-electron chi connectivity index (χ0n) is 12.9. The highest BCUT2D eigenvalue weighted by Gasteiger charge is 2.15. The SMILES string of the molecule is O=C(NCc1ccccc1Cl)c1cc2c(Cl)nc3ccccc3c2s1. The van der Waals surface area contributed by atoms with Gasteiger partial charge in [0.1, 0.15) is 5.15 Å². The van der Waals surface area contributed by atoms with E-state index in [0.717, 1.165) is 26.6 Å². The van der Waals surface area contributed by atoms with Crippen molar-refractivity contribution in [3.05, 3.63) is 75.2 Å². The predicted molar refractivity (Wildman–Crippen MR) is 105 cm³/mol. The van der Waals surface area contributed by atoms with Gasteiger partial charge in [-0.25, -0.2) is 4.98 Å². The van der Waals surface area contributed by atoms with Crippen molar-refractivity contribution in [1.82, 2.24) is 10.3 Å². The molecule has 3 nitrogen and oxygen atoms in total. The highest BCUT2D eigenvalue weighted by molar-refractivity contribution is 7.21. The van der Waals surface area contributed by atoms with Crippen molar-refractivity contribution < 1.29 is 4.79 Å². The Morgan fingerprint density at radius 1 is 1.04 bits per heavy atom. The average Bonchev–Trinajstić information content (AvgIpc) is 3.07. The maximum Gasteiger partial charge on any atom is 0.261 e. The summed E-state index contributed by atoms with van der Waals surface area (Å²) in [5, 5.41) is 5.75. The molecule has 2 aromatic carbocycles. The number of nitrogens with one attached hydrogen (secondary N) is 1. The summed E-state index contributed by atoms with van der Waals surface area (Å²) in [4.78, 5) is 17.5. The molecule has 0 atom stereocenters. The van der Waals surface area contributed by atoms with Crippen LogP contribution in [-0.2, 0) is 6.54 Å². The van der Waals surface area contributed by atoms with Crippen molar-refractivity contribution in [2.24, 2.45) is 0 Å². The Morgan fingerprint density at radius 2 is 1.80 bits per heavy atom. The number of pyridine rings is 1. The van der Waals surface area contributed by atoms with Gasteiger partial charge in [-0.15, -0.1) is 11.3 Å². The van der Waals surface area contributed by atoms with Gasteiger partial charge in [0, 0.05) is 27.0 Å². The number of amides is 1. The van der Waals surface area contributed by atoms with Crippen LogP contribution in [-0.4, -0.2) is 10.9 Å². The molecule has 1 amide bonds. The normalized spacial score (nSPS) is 11.1. The number of rotatable bonds is 3. The van der Waals surface area contributed by atoms with Gasteiger partial charge in [-0.05, 0) is 23.8 Å². The van der Waals surface area contributed by atoms with Gasteiger partial charge in [0.25, 0.3) is 5.91 Å². The number of carbonyl (C=O) groups excluding carboxylic acids is 1. The van der Waals surface area contributed by atoms with E-state index in [1.807, 2.05) is 42.5 Å². The molecule has 2 aromatic heterocycles. The number of aromatic nitrogens is 1. The van der Waals surface area contributed by atoms with Crippen LogP contribution in [0.25, 0.3) is 21.0 Å². The number of hydrogen-bond acceptors (Lipinski definition) is 3. The zero-order chi connectivity index (χ0) is 17.4. The second kappa shape index (κ2) is 6.64. The number of hydrogen-bond donors (Lipinski definition) is 1. The van der Waals surface area contributed by atoms with Crippen molar-refractivity contribution in [3.8, 4) is 0 Å². The third kappa shape index (κ3) is 3.09. The number of para-hydroxylation sites is 1. The Labute approximate surface area is 158 Å². The smallest absolute Gasteiger partial charge is 0.261 e. The average molecular weight is 387 g/mol. The van der Waals surface area contributed by atoms with Crippen LogP contribution in [0.4, 0.5) is 0 Å². The fourth-order valence-electron chi connectivity index (χ4n) is 2.69. The third-order valence-corrected chi connectivity index (χ3v) is 5.77. The molecule has 25 heavy (non-hydrogen) atoms. The van der Waals surface area contributed by atoms with E-state index in [1.165, 1.54) is 11.3 Å². The van der Waals surface area contributed by atoms with Crippen LogP contribution in [0.5, 0.6) is 0 Å². The van der Waals surface area contributed by atoms with Crippen LogP contribution >= 0.6 is 34.5 Å². The molecular formula is C19H12Cl2N2OS. The van der Waals surface area contributed by atoms with Crippen LogP contribution in [0.15, 0.2) is 54.6 Å². The van der Waals surface area contributed by atoms with Crippen LogP contribution < -0.4 is 5.32 Å². The van der Waals surface area contributed by atoms with Gasteiger partial charge in [0.05, 0.1) is 10.4 Å². The van der Waals surface area contributed by atoms with Crippen molar-refractivity contribution in [2.45, 2.75) is 6.54 Å². The van der Waals surface area contributed by atoms with Crippen molar-refractivity contribution in [2.75, 3.05) is 0 Å². The van der Waals surface area contributed by atoms with E-state index in [9.17, 15) is 4.79 Å². The zero-order valence-corrected chi connectivity index (χ0v) is 15.3. The lowest BCUT2D eigenvalue weighted by Gasteiger charge is -2.05. The summed E-state index contributed by atoms with van der Waals surface area (Å²) in [5.41, 5.74) is 1.70. The monoisotopic (exact) mass is 386 g/mol. The second-order valence-corrected chi connectivity index (χ2v) is 7.36. The largest absolute Gasteiger partial charge is 0.347 e. The first kappa shape index (κ1) is 16.3. The van der Waals surface area contributed by atoms with Crippen LogP contribution in [0, 0.1) is 0 Å². The fraction of sp³-hybridized carbons (Fsp3) is 0.0526. The summed E-state index contributed by atoms with van der Waals surface area (Å²) >= 11 is 13.8. The van der Waals surface area contributed by atoms with E-state index < -0.39 is 0 Å². The molecule has 0 spiro atoms. The summed E-state index contributed by atoms with van der Waals surface area (Å²) < 4.78 is 0.971. The molecular weight excluding hydrogens is 375 g/mol. The van der Waals surface area contributed by atoms with E-state index in [-0.39, 0.29) is 5.91 Å². The minimum atomic E-state index is -0.152. The van der Waals surface area contributed by atoms with Gasteiger partial charge in [-0.2, -0.15) is 0 Å². The third-order valence-electron chi connectivity index (χ3n) is 3.94. The van der Waals surface area contributed by atoms with Gasteiger partial charge < -0.3 is 5.32 Å². The molecule has 0 aliphatic heterocycles. The lowest BCUT2D eigenvalue weighted by molar-refractivity contribution is 0.0955. The molecule has 0 saturated carbocycles. The van der Waals surface area contributed by atoms with Gasteiger partial charge in [-0.1, -0.05) is 59.6 Å². The standard InChI is InChI=1S/C19H12Cl2N2OS/c20-14-7-3-1-5-11(14)10-22-19(24)16-9-13-17(25-16)12-6-2-4-8-15(12)23-18(13)21/h1-9H,10H2,(H,22,24). The number of nitrogens with zero attached hydrogens (tertiary/aromatic N) is 1. The minimum Gasteiger partial charge on any atom is -0.347 e. The first-order valence-corrected chi connectivity index (χ1v) is 9.20. The number of fused-ring (bicyclic) bond motifs is 3. The Kier molecular flexibility index (Phi) is 4.34. The fourth-order valence-corrected chi connectivity index (χ4v) is 4.30. The van der Waals surface area contributed by atoms with E-state index >= 15 is 0 Å². The topological polar surface area (TPSA) is 42.0 Å². The van der Waals surface area contributed by atoms with E-state index in [0.29, 0.717) is 21.6 Å². The first-order valence-electron chi connectivity index (χ1n) is 7.63. The molecule has 0 aliphatic carbocycles. The van der Waals surface area contributed by atoms with Crippen molar-refractivity contribution >= 4 is 61.4 Å². The molecule has 0 radical (unpaired) electrons. The van der Waals surface area contributed by atoms with Gasteiger partial charge in [0.15, 0.2) is 0 Å². The summed E-state index contributed by atoms with van der Waals surface area (Å²) in [6.07, 6.45) is 0. The molecule has 2 heterocycles. The number of carbonyl (C=O) groups is 1. The van der Waals surface area contributed by atoms with Gasteiger partial charge in [0.2, 0.25) is 0 Å². The lowest BCUT2D eigenvalue weighted by Crippen LogP contribution is -2.21.